The lowest BCUT2D eigenvalue weighted by atomic mass is 10.1. The quantitative estimate of drug-likeness (QED) is 0.434. The van der Waals surface area contributed by atoms with E-state index < -0.39 is 47.0 Å². The van der Waals surface area contributed by atoms with E-state index in [2.05, 4.69) is 4.74 Å². The van der Waals surface area contributed by atoms with Crippen LogP contribution in [-0.4, -0.2) is 13.2 Å². The van der Waals surface area contributed by atoms with Gasteiger partial charge in [-0.3, -0.25) is 0 Å². The number of benzene rings is 2. The summed E-state index contributed by atoms with van der Waals surface area (Å²) in [7, 11) is 0. The highest BCUT2D eigenvalue weighted by molar-refractivity contribution is 5.34. The molecule has 0 bridgehead atoms. The molecule has 1 heterocycles. The maximum absolute atomic E-state index is 14.5. The van der Waals surface area contributed by atoms with E-state index in [4.69, 9.17) is 9.47 Å². The molecular formula is C21H18F6O3. The molecule has 30 heavy (non-hydrogen) atoms. The highest BCUT2D eigenvalue weighted by Crippen LogP contribution is 2.38. The molecule has 1 aliphatic rings. The van der Waals surface area contributed by atoms with Gasteiger partial charge in [-0.1, -0.05) is 18.2 Å². The molecular weight excluding hydrogens is 414 g/mol. The zero-order valence-corrected chi connectivity index (χ0v) is 16.0. The minimum Gasteiger partial charge on any atom is -0.426 e. The number of allylic oxidation sites excluding steroid dienone is 1. The van der Waals surface area contributed by atoms with E-state index >= 15 is 0 Å². The number of halogens is 6. The second kappa shape index (κ2) is 8.69. The molecule has 1 saturated heterocycles. The number of aryl methyl sites for hydroxylation is 1. The van der Waals surface area contributed by atoms with E-state index in [1.165, 1.54) is 6.92 Å². The van der Waals surface area contributed by atoms with E-state index in [-0.39, 0.29) is 30.3 Å². The van der Waals surface area contributed by atoms with E-state index in [1.54, 1.807) is 6.08 Å². The zero-order chi connectivity index (χ0) is 22.1. The van der Waals surface area contributed by atoms with Crippen LogP contribution in [0.25, 0.3) is 0 Å². The van der Waals surface area contributed by atoms with Gasteiger partial charge >= 0.3 is 6.11 Å². The molecule has 0 spiro atoms. The van der Waals surface area contributed by atoms with Crippen LogP contribution in [-0.2, 0) is 15.6 Å². The van der Waals surface area contributed by atoms with Crippen molar-refractivity contribution in [2.75, 3.05) is 13.2 Å². The van der Waals surface area contributed by atoms with Crippen LogP contribution in [0.4, 0.5) is 26.3 Å². The number of ether oxygens (including phenoxy) is 3. The van der Waals surface area contributed by atoms with E-state index in [0.29, 0.717) is 6.07 Å². The van der Waals surface area contributed by atoms with Crippen LogP contribution in [0.1, 0.15) is 29.9 Å². The molecule has 9 heteroatoms. The van der Waals surface area contributed by atoms with Crippen LogP contribution in [0.2, 0.25) is 0 Å². The van der Waals surface area contributed by atoms with Crippen molar-refractivity contribution in [3.8, 4) is 5.75 Å². The van der Waals surface area contributed by atoms with Crippen molar-refractivity contribution in [1.82, 2.24) is 0 Å². The molecule has 3 nitrogen and oxygen atoms in total. The van der Waals surface area contributed by atoms with Crippen LogP contribution < -0.4 is 4.74 Å². The standard InChI is InChI=1S/C21H18F6O3/c1-3-4-12-9-28-20(29-10-12)13-6-8-15(19(25)17(13)23)30-21(26,27)14-7-5-11(2)16(22)18(14)24/h3-8,12,20H,9-10H2,1-2H3/b4-3+. The van der Waals surface area contributed by atoms with Crippen molar-refractivity contribution in [2.45, 2.75) is 26.2 Å². The third-order valence-electron chi connectivity index (χ3n) is 4.55. The maximum Gasteiger partial charge on any atom is 0.429 e. The van der Waals surface area contributed by atoms with Gasteiger partial charge in [-0.2, -0.15) is 13.2 Å². The summed E-state index contributed by atoms with van der Waals surface area (Å²) in [5.41, 5.74) is -1.98. The Balaban J connectivity index is 1.83. The van der Waals surface area contributed by atoms with Crippen LogP contribution in [0, 0.1) is 36.1 Å². The van der Waals surface area contributed by atoms with Gasteiger partial charge in [-0.15, -0.1) is 0 Å². The van der Waals surface area contributed by atoms with Crippen LogP contribution in [0.5, 0.6) is 5.75 Å². The average molecular weight is 432 g/mol. The molecule has 0 saturated carbocycles. The Bertz CT molecular complexity index is 952. The summed E-state index contributed by atoms with van der Waals surface area (Å²) < 4.78 is 99.9. The van der Waals surface area contributed by atoms with Crippen molar-refractivity contribution < 1.29 is 40.6 Å². The first-order chi connectivity index (χ1) is 14.2. The van der Waals surface area contributed by atoms with Gasteiger partial charge in [0.1, 0.15) is 5.56 Å². The fourth-order valence-electron chi connectivity index (χ4n) is 2.95. The first kappa shape index (κ1) is 22.2. The Morgan fingerprint density at radius 1 is 0.933 bits per heavy atom. The molecule has 0 N–H and O–H groups in total. The maximum atomic E-state index is 14.5. The second-order valence-electron chi connectivity index (χ2n) is 6.74. The summed E-state index contributed by atoms with van der Waals surface area (Å²) >= 11 is 0. The van der Waals surface area contributed by atoms with Crippen molar-refractivity contribution in [3.05, 3.63) is 76.4 Å². The fourth-order valence-corrected chi connectivity index (χ4v) is 2.95. The molecule has 1 aliphatic heterocycles. The molecule has 2 aromatic carbocycles. The molecule has 0 radical (unpaired) electrons. The topological polar surface area (TPSA) is 27.7 Å². The first-order valence-corrected chi connectivity index (χ1v) is 9.01. The number of alkyl halides is 2. The predicted molar refractivity (Wildman–Crippen MR) is 94.9 cm³/mol. The Labute approximate surface area is 168 Å². The summed E-state index contributed by atoms with van der Waals surface area (Å²) in [6, 6.07) is 3.25. The van der Waals surface area contributed by atoms with Gasteiger partial charge in [-0.25, -0.2) is 13.2 Å². The average Bonchev–Trinajstić information content (AvgIpc) is 2.70. The fraction of sp³-hybridized carbons (Fsp3) is 0.333. The Morgan fingerprint density at radius 3 is 2.23 bits per heavy atom. The predicted octanol–water partition coefficient (Wildman–Crippen LogP) is 5.92. The van der Waals surface area contributed by atoms with Crippen molar-refractivity contribution in [1.29, 1.82) is 0 Å². The van der Waals surface area contributed by atoms with Crippen molar-refractivity contribution in [2.24, 2.45) is 5.92 Å². The third kappa shape index (κ3) is 4.32. The summed E-state index contributed by atoms with van der Waals surface area (Å²) in [6.07, 6.45) is -2.05. The van der Waals surface area contributed by atoms with E-state index in [1.807, 2.05) is 13.0 Å². The SMILES string of the molecule is C/C=C/C1COC(c2ccc(OC(F)(F)c3ccc(C)c(F)c3F)c(F)c2F)OC1. The summed E-state index contributed by atoms with van der Waals surface area (Å²) in [6.45, 7) is 3.40. The number of hydrogen-bond donors (Lipinski definition) is 0. The molecule has 162 valence electrons. The first-order valence-electron chi connectivity index (χ1n) is 9.01. The summed E-state index contributed by atoms with van der Waals surface area (Å²) in [5.74, 6) is -7.79. The minimum absolute atomic E-state index is 0.0507. The molecule has 0 aliphatic carbocycles. The van der Waals surface area contributed by atoms with Crippen LogP contribution in [0.15, 0.2) is 36.4 Å². The lowest BCUT2D eigenvalue weighted by Gasteiger charge is -2.28. The number of rotatable bonds is 5. The molecule has 0 unspecified atom stereocenters. The van der Waals surface area contributed by atoms with Gasteiger partial charge in [0.25, 0.3) is 0 Å². The second-order valence-corrected chi connectivity index (χ2v) is 6.74. The van der Waals surface area contributed by atoms with Crippen molar-refractivity contribution >= 4 is 0 Å². The molecule has 1 fully saturated rings. The van der Waals surface area contributed by atoms with Crippen LogP contribution >= 0.6 is 0 Å². The zero-order valence-electron chi connectivity index (χ0n) is 16.0. The van der Waals surface area contributed by atoms with Gasteiger partial charge < -0.3 is 14.2 Å². The van der Waals surface area contributed by atoms with E-state index in [9.17, 15) is 26.3 Å². The Kier molecular flexibility index (Phi) is 6.42. The van der Waals surface area contributed by atoms with Gasteiger partial charge in [0.15, 0.2) is 29.5 Å². The molecule has 3 rings (SSSR count). The van der Waals surface area contributed by atoms with Gasteiger partial charge in [0.2, 0.25) is 5.82 Å². The Hall–Kier alpha value is -2.52. The summed E-state index contributed by atoms with van der Waals surface area (Å²) in [4.78, 5) is 0. The molecule has 0 aromatic heterocycles. The van der Waals surface area contributed by atoms with Crippen molar-refractivity contribution in [3.63, 3.8) is 0 Å². The largest absolute Gasteiger partial charge is 0.429 e. The van der Waals surface area contributed by atoms with Gasteiger partial charge in [0.05, 0.1) is 13.2 Å². The smallest absolute Gasteiger partial charge is 0.426 e. The lowest BCUT2D eigenvalue weighted by Crippen LogP contribution is -2.27. The monoisotopic (exact) mass is 432 g/mol. The Morgan fingerprint density at radius 2 is 1.60 bits per heavy atom. The van der Waals surface area contributed by atoms with Gasteiger partial charge in [-0.05, 0) is 37.6 Å². The van der Waals surface area contributed by atoms with E-state index in [0.717, 1.165) is 18.2 Å². The molecule has 0 atom stereocenters. The third-order valence-corrected chi connectivity index (χ3v) is 4.55. The minimum atomic E-state index is -4.45. The number of hydrogen-bond acceptors (Lipinski definition) is 3. The highest BCUT2D eigenvalue weighted by atomic mass is 19.3. The highest BCUT2D eigenvalue weighted by Gasteiger charge is 2.40. The normalized spacial score (nSPS) is 20.0. The molecule has 0 amide bonds. The van der Waals surface area contributed by atoms with Gasteiger partial charge in [0, 0.05) is 11.5 Å². The van der Waals surface area contributed by atoms with Crippen LogP contribution in [0.3, 0.4) is 0 Å². The molecule has 2 aromatic rings. The lowest BCUT2D eigenvalue weighted by molar-refractivity contribution is -0.199. The summed E-state index contributed by atoms with van der Waals surface area (Å²) in [5, 5.41) is 0.